The smallest absolute Gasteiger partial charge is 0.167 e. The summed E-state index contributed by atoms with van der Waals surface area (Å²) < 4.78 is 18.0. The van der Waals surface area contributed by atoms with Crippen molar-refractivity contribution in [2.45, 2.75) is 0 Å². The molecule has 0 radical (unpaired) electrons. The van der Waals surface area contributed by atoms with Crippen LogP contribution in [0.25, 0.3) is 0 Å². The van der Waals surface area contributed by atoms with Crippen molar-refractivity contribution in [2.75, 3.05) is 25.6 Å². The molecule has 0 fully saturated rings. The van der Waals surface area contributed by atoms with Crippen LogP contribution in [-0.2, 0) is 0 Å². The van der Waals surface area contributed by atoms with E-state index in [4.69, 9.17) is 10.00 Å². The van der Waals surface area contributed by atoms with E-state index < -0.39 is 5.82 Å². The van der Waals surface area contributed by atoms with E-state index in [1.165, 1.54) is 13.2 Å². The third-order valence-corrected chi connectivity index (χ3v) is 1.88. The Kier molecular flexibility index (Phi) is 3.29. The molecule has 0 aromatic heterocycles. The van der Waals surface area contributed by atoms with E-state index in [0.29, 0.717) is 5.69 Å². The second-order valence-corrected chi connectivity index (χ2v) is 2.83. The van der Waals surface area contributed by atoms with Crippen LogP contribution in [0.1, 0.15) is 0 Å². The minimum Gasteiger partial charge on any atom is -0.494 e. The lowest BCUT2D eigenvalue weighted by atomic mass is 10.2. The van der Waals surface area contributed by atoms with Crippen molar-refractivity contribution in [1.29, 1.82) is 5.26 Å². The number of hydrogen-bond acceptors (Lipinski definition) is 3. The van der Waals surface area contributed by atoms with Crippen LogP contribution in [0.15, 0.2) is 18.2 Å². The van der Waals surface area contributed by atoms with Gasteiger partial charge in [0.25, 0.3) is 0 Å². The van der Waals surface area contributed by atoms with Gasteiger partial charge in [-0.15, -0.1) is 0 Å². The van der Waals surface area contributed by atoms with Crippen molar-refractivity contribution in [1.82, 2.24) is 0 Å². The summed E-state index contributed by atoms with van der Waals surface area (Å²) in [6.45, 7) is 0.228. The Hall–Kier alpha value is -1.76. The minimum absolute atomic E-state index is 0.208. The van der Waals surface area contributed by atoms with Crippen LogP contribution in [0, 0.1) is 17.1 Å². The Morgan fingerprint density at radius 2 is 2.29 bits per heavy atom. The predicted molar refractivity (Wildman–Crippen MR) is 51.8 cm³/mol. The number of rotatable bonds is 3. The molecule has 0 aliphatic carbocycles. The lowest BCUT2D eigenvalue weighted by Gasteiger charge is -2.15. The minimum atomic E-state index is -0.421. The largest absolute Gasteiger partial charge is 0.494 e. The molecule has 0 atom stereocenters. The zero-order valence-electron chi connectivity index (χ0n) is 8.12. The fourth-order valence-corrected chi connectivity index (χ4v) is 1.09. The molecule has 74 valence electrons. The molecule has 0 N–H and O–H groups in total. The van der Waals surface area contributed by atoms with Crippen molar-refractivity contribution in [3.8, 4) is 11.8 Å². The molecule has 14 heavy (non-hydrogen) atoms. The molecule has 0 heterocycles. The van der Waals surface area contributed by atoms with Crippen LogP contribution in [0.2, 0.25) is 0 Å². The lowest BCUT2D eigenvalue weighted by Crippen LogP contribution is -2.16. The van der Waals surface area contributed by atoms with E-state index in [1.807, 2.05) is 6.07 Å². The maximum absolute atomic E-state index is 13.2. The van der Waals surface area contributed by atoms with Gasteiger partial charge in [-0.3, -0.25) is 0 Å². The van der Waals surface area contributed by atoms with Crippen molar-refractivity contribution in [3.05, 3.63) is 24.0 Å². The average molecular weight is 194 g/mol. The highest BCUT2D eigenvalue weighted by Crippen LogP contribution is 2.22. The highest BCUT2D eigenvalue weighted by Gasteiger charge is 2.05. The summed E-state index contributed by atoms with van der Waals surface area (Å²) in [7, 11) is 3.14. The molecule has 0 saturated carbocycles. The topological polar surface area (TPSA) is 36.3 Å². The van der Waals surface area contributed by atoms with Gasteiger partial charge in [0.1, 0.15) is 6.54 Å². The van der Waals surface area contributed by atoms with Gasteiger partial charge in [-0.2, -0.15) is 5.26 Å². The van der Waals surface area contributed by atoms with Crippen LogP contribution in [0.5, 0.6) is 5.75 Å². The first kappa shape index (κ1) is 10.3. The molecule has 1 aromatic carbocycles. The Morgan fingerprint density at radius 3 is 2.79 bits per heavy atom. The maximum atomic E-state index is 13.2. The number of benzene rings is 1. The molecule has 1 aromatic rings. The molecule has 0 bridgehead atoms. The Balaban J connectivity index is 2.92. The van der Waals surface area contributed by atoms with Crippen molar-refractivity contribution in [2.24, 2.45) is 0 Å². The second kappa shape index (κ2) is 4.47. The number of nitriles is 1. The first-order chi connectivity index (χ1) is 6.69. The van der Waals surface area contributed by atoms with Gasteiger partial charge in [0.15, 0.2) is 11.6 Å². The van der Waals surface area contributed by atoms with E-state index in [9.17, 15) is 4.39 Å². The number of halogens is 1. The predicted octanol–water partition coefficient (Wildman–Crippen LogP) is 1.79. The highest BCUT2D eigenvalue weighted by atomic mass is 19.1. The van der Waals surface area contributed by atoms with Crippen LogP contribution < -0.4 is 9.64 Å². The number of nitrogens with zero attached hydrogens (tertiary/aromatic N) is 2. The first-order valence-corrected chi connectivity index (χ1v) is 4.10. The summed E-state index contributed by atoms with van der Waals surface area (Å²) in [5.74, 6) is -0.214. The monoisotopic (exact) mass is 194 g/mol. The van der Waals surface area contributed by atoms with Crippen LogP contribution in [-0.4, -0.2) is 20.7 Å². The Labute approximate surface area is 82.3 Å². The van der Waals surface area contributed by atoms with Gasteiger partial charge in [0.2, 0.25) is 0 Å². The van der Waals surface area contributed by atoms with Gasteiger partial charge < -0.3 is 9.64 Å². The zero-order chi connectivity index (χ0) is 10.6. The summed E-state index contributed by atoms with van der Waals surface area (Å²) in [6, 6.07) is 6.58. The summed E-state index contributed by atoms with van der Waals surface area (Å²) in [6.07, 6.45) is 0. The highest BCUT2D eigenvalue weighted by molar-refractivity contribution is 5.49. The number of methoxy groups -OCH3 is 1. The van der Waals surface area contributed by atoms with E-state index in [-0.39, 0.29) is 12.3 Å². The third kappa shape index (κ3) is 2.13. The fourth-order valence-electron chi connectivity index (χ4n) is 1.09. The number of ether oxygens (including phenoxy) is 1. The Bertz CT molecular complexity index is 360. The molecule has 0 unspecified atom stereocenters. The number of anilines is 1. The molecular weight excluding hydrogens is 183 g/mol. The van der Waals surface area contributed by atoms with Crippen LogP contribution in [0.3, 0.4) is 0 Å². The Morgan fingerprint density at radius 1 is 1.57 bits per heavy atom. The van der Waals surface area contributed by atoms with Gasteiger partial charge in [-0.1, -0.05) is 0 Å². The van der Waals surface area contributed by atoms with Crippen LogP contribution >= 0.6 is 0 Å². The molecular formula is C10H11FN2O. The van der Waals surface area contributed by atoms with Crippen molar-refractivity contribution < 1.29 is 9.13 Å². The van der Waals surface area contributed by atoms with E-state index in [0.717, 1.165) is 0 Å². The standard InChI is InChI=1S/C10H11FN2O/c1-13(6-5-12)8-3-4-10(14-2)9(11)7-8/h3-4,7H,6H2,1-2H3. The second-order valence-electron chi connectivity index (χ2n) is 2.83. The van der Waals surface area contributed by atoms with Gasteiger partial charge in [-0.05, 0) is 12.1 Å². The van der Waals surface area contributed by atoms with E-state index in [1.54, 1.807) is 24.1 Å². The van der Waals surface area contributed by atoms with Crippen LogP contribution in [0.4, 0.5) is 10.1 Å². The van der Waals surface area contributed by atoms with Gasteiger partial charge in [0.05, 0.1) is 13.2 Å². The van der Waals surface area contributed by atoms with E-state index in [2.05, 4.69) is 0 Å². The quantitative estimate of drug-likeness (QED) is 0.688. The first-order valence-electron chi connectivity index (χ1n) is 4.10. The molecule has 0 aliphatic heterocycles. The number of hydrogen-bond donors (Lipinski definition) is 0. The van der Waals surface area contributed by atoms with Gasteiger partial charge in [0, 0.05) is 18.8 Å². The molecule has 1 rings (SSSR count). The van der Waals surface area contributed by atoms with Gasteiger partial charge in [-0.25, -0.2) is 4.39 Å². The molecule has 0 aliphatic rings. The lowest BCUT2D eigenvalue weighted by molar-refractivity contribution is 0.386. The van der Waals surface area contributed by atoms with Crippen molar-refractivity contribution in [3.63, 3.8) is 0 Å². The molecule has 0 saturated heterocycles. The average Bonchev–Trinajstić information content (AvgIpc) is 2.18. The summed E-state index contributed by atoms with van der Waals surface area (Å²) >= 11 is 0. The van der Waals surface area contributed by atoms with Gasteiger partial charge >= 0.3 is 0 Å². The van der Waals surface area contributed by atoms with Crippen molar-refractivity contribution >= 4 is 5.69 Å². The molecule has 3 nitrogen and oxygen atoms in total. The molecule has 4 heteroatoms. The normalized spacial score (nSPS) is 9.29. The summed E-state index contributed by atoms with van der Waals surface area (Å²) in [5.41, 5.74) is 0.657. The fraction of sp³-hybridized carbons (Fsp3) is 0.300. The third-order valence-electron chi connectivity index (χ3n) is 1.88. The maximum Gasteiger partial charge on any atom is 0.167 e. The van der Waals surface area contributed by atoms with E-state index >= 15 is 0 Å². The zero-order valence-corrected chi connectivity index (χ0v) is 8.12. The molecule has 0 spiro atoms. The molecule has 0 amide bonds. The SMILES string of the molecule is COc1ccc(N(C)CC#N)cc1F. The summed E-state index contributed by atoms with van der Waals surface area (Å²) in [4.78, 5) is 1.66. The summed E-state index contributed by atoms with van der Waals surface area (Å²) in [5, 5.41) is 8.46.